The Morgan fingerprint density at radius 3 is 1.96 bits per heavy atom. The average Bonchev–Trinajstić information content (AvgIpc) is 2.55. The van der Waals surface area contributed by atoms with Gasteiger partial charge in [-0.3, -0.25) is 5.41 Å². The van der Waals surface area contributed by atoms with Crippen LogP contribution in [0, 0.1) is 11.2 Å². The summed E-state index contributed by atoms with van der Waals surface area (Å²) in [6, 6.07) is 8.89. The Bertz CT molecular complexity index is 696. The maximum atomic E-state index is 13.1. The van der Waals surface area contributed by atoms with Crippen LogP contribution in [0.1, 0.15) is 28.7 Å². The molecular weight excluding hydrogens is 324 g/mol. The Kier molecular flexibility index (Phi) is 5.33. The molecule has 2 aromatic carbocycles. The number of rotatable bonds is 6. The predicted molar refractivity (Wildman–Crippen MR) is 81.3 cm³/mol. The molecular formula is C17H14F4N2O. The molecule has 2 unspecified atom stereocenters. The molecule has 2 aromatic rings. The molecule has 0 aromatic heterocycles. The van der Waals surface area contributed by atoms with Crippen molar-refractivity contribution in [1.82, 2.24) is 5.32 Å². The highest BCUT2D eigenvalue weighted by atomic mass is 19.4. The first-order valence-electron chi connectivity index (χ1n) is 6.99. The van der Waals surface area contributed by atoms with Gasteiger partial charge in [-0.25, -0.2) is 4.39 Å². The second kappa shape index (κ2) is 7.25. The van der Waals surface area contributed by atoms with Crippen molar-refractivity contribution in [2.24, 2.45) is 0 Å². The zero-order chi connectivity index (χ0) is 17.7. The number of carbonyl (C=O) groups is 1. The molecule has 2 atom stereocenters. The van der Waals surface area contributed by atoms with Gasteiger partial charge in [0.1, 0.15) is 12.1 Å². The number of halogens is 4. The Hall–Kier alpha value is -2.70. The van der Waals surface area contributed by atoms with Crippen molar-refractivity contribution in [3.8, 4) is 0 Å². The van der Waals surface area contributed by atoms with Crippen molar-refractivity contribution in [2.75, 3.05) is 0 Å². The lowest BCUT2D eigenvalue weighted by Gasteiger charge is -2.24. The van der Waals surface area contributed by atoms with E-state index in [9.17, 15) is 22.4 Å². The summed E-state index contributed by atoms with van der Waals surface area (Å²) in [5, 5.41) is 9.88. The molecule has 0 aliphatic carbocycles. The van der Waals surface area contributed by atoms with Gasteiger partial charge in [-0.2, -0.15) is 13.2 Å². The Balaban J connectivity index is 2.37. The number of nitrogens with one attached hydrogen (secondary N) is 2. The summed E-state index contributed by atoms with van der Waals surface area (Å²) in [4.78, 5) is 11.5. The minimum Gasteiger partial charge on any atom is -0.369 e. The molecule has 0 amide bonds. The van der Waals surface area contributed by atoms with Gasteiger partial charge in [0.2, 0.25) is 0 Å². The zero-order valence-electron chi connectivity index (χ0n) is 12.3. The van der Waals surface area contributed by atoms with E-state index in [1.165, 1.54) is 36.4 Å². The van der Waals surface area contributed by atoms with E-state index >= 15 is 0 Å². The van der Waals surface area contributed by atoms with Gasteiger partial charge in [0.05, 0.1) is 23.9 Å². The Labute approximate surface area is 135 Å². The molecule has 0 saturated carbocycles. The van der Waals surface area contributed by atoms with Crippen LogP contribution in [0.4, 0.5) is 17.6 Å². The van der Waals surface area contributed by atoms with Gasteiger partial charge in [-0.15, -0.1) is 0 Å². The first-order valence-corrected chi connectivity index (χ1v) is 6.99. The van der Waals surface area contributed by atoms with Gasteiger partial charge in [0, 0.05) is 0 Å². The van der Waals surface area contributed by atoms with Crippen LogP contribution < -0.4 is 5.32 Å². The van der Waals surface area contributed by atoms with Crippen LogP contribution in [0.3, 0.4) is 0 Å². The van der Waals surface area contributed by atoms with Gasteiger partial charge in [-0.05, 0) is 35.4 Å². The van der Waals surface area contributed by atoms with Crippen molar-refractivity contribution in [3.05, 3.63) is 71.0 Å². The summed E-state index contributed by atoms with van der Waals surface area (Å²) in [5.41, 5.74) is 0.0906. The average molecular weight is 338 g/mol. The van der Waals surface area contributed by atoms with Crippen molar-refractivity contribution < 1.29 is 22.4 Å². The third kappa shape index (κ3) is 3.98. The van der Waals surface area contributed by atoms with Crippen LogP contribution in [-0.4, -0.2) is 12.6 Å². The molecule has 0 saturated heterocycles. The fraction of sp³-hybridized carbons (Fsp3) is 0.176. The normalized spacial score (nSPS) is 13.8. The van der Waals surface area contributed by atoms with E-state index in [2.05, 4.69) is 5.32 Å². The van der Waals surface area contributed by atoms with Gasteiger partial charge in [-0.1, -0.05) is 24.3 Å². The fourth-order valence-electron chi connectivity index (χ4n) is 2.41. The molecule has 0 heterocycles. The Morgan fingerprint density at radius 1 is 0.958 bits per heavy atom. The lowest BCUT2D eigenvalue weighted by atomic mass is 9.87. The maximum absolute atomic E-state index is 13.1. The van der Waals surface area contributed by atoms with E-state index in [4.69, 9.17) is 5.41 Å². The highest BCUT2D eigenvalue weighted by molar-refractivity contribution is 5.66. The molecule has 0 aliphatic rings. The molecule has 126 valence electrons. The number of carbonyl (C=O) groups excluding carboxylic acids is 1. The second-order valence-corrected chi connectivity index (χ2v) is 5.12. The van der Waals surface area contributed by atoms with E-state index in [1.807, 2.05) is 0 Å². The van der Waals surface area contributed by atoms with Crippen molar-refractivity contribution in [2.45, 2.75) is 18.1 Å². The molecule has 0 bridgehead atoms. The van der Waals surface area contributed by atoms with Crippen molar-refractivity contribution >= 4 is 12.6 Å². The van der Waals surface area contributed by atoms with E-state index in [0.717, 1.165) is 18.5 Å². The molecule has 0 spiro atoms. The number of benzene rings is 2. The second-order valence-electron chi connectivity index (χ2n) is 5.12. The van der Waals surface area contributed by atoms with Crippen LogP contribution in [0.25, 0.3) is 0 Å². The largest absolute Gasteiger partial charge is 0.416 e. The highest BCUT2D eigenvalue weighted by Crippen LogP contribution is 2.33. The predicted octanol–water partition coefficient (Wildman–Crippen LogP) is 4.06. The summed E-state index contributed by atoms with van der Waals surface area (Å²) in [7, 11) is 0. The monoisotopic (exact) mass is 338 g/mol. The third-order valence-corrected chi connectivity index (χ3v) is 3.62. The standard InChI is InChI=1S/C17H14F4N2O/c18-14-7-3-12(4-8-14)16(23-10-22)15(9-24)11-1-5-13(6-2-11)17(19,20)21/h1-10,15-16H,(H2,22,23). The van der Waals surface area contributed by atoms with E-state index in [1.54, 1.807) is 0 Å². The van der Waals surface area contributed by atoms with Gasteiger partial charge in [0.15, 0.2) is 0 Å². The summed E-state index contributed by atoms with van der Waals surface area (Å²) < 4.78 is 51.0. The minimum absolute atomic E-state index is 0.363. The van der Waals surface area contributed by atoms with Crippen LogP contribution in [-0.2, 0) is 11.0 Å². The summed E-state index contributed by atoms with van der Waals surface area (Å²) >= 11 is 0. The maximum Gasteiger partial charge on any atom is 0.416 e. The van der Waals surface area contributed by atoms with Crippen LogP contribution >= 0.6 is 0 Å². The molecule has 0 fully saturated rings. The third-order valence-electron chi connectivity index (χ3n) is 3.62. The highest BCUT2D eigenvalue weighted by Gasteiger charge is 2.31. The van der Waals surface area contributed by atoms with Gasteiger partial charge in [0.25, 0.3) is 0 Å². The molecule has 0 aliphatic heterocycles. The fourth-order valence-corrected chi connectivity index (χ4v) is 2.41. The molecule has 24 heavy (non-hydrogen) atoms. The SMILES string of the molecule is N=CNC(c1ccc(F)cc1)C(C=O)c1ccc(C(F)(F)F)cc1. The van der Waals surface area contributed by atoms with E-state index in [0.29, 0.717) is 17.4 Å². The van der Waals surface area contributed by atoms with Gasteiger partial charge < -0.3 is 10.1 Å². The first-order chi connectivity index (χ1) is 11.4. The lowest BCUT2D eigenvalue weighted by Crippen LogP contribution is -2.27. The lowest BCUT2D eigenvalue weighted by molar-refractivity contribution is -0.137. The minimum atomic E-state index is -4.46. The van der Waals surface area contributed by atoms with Crippen molar-refractivity contribution in [1.29, 1.82) is 5.41 Å². The van der Waals surface area contributed by atoms with E-state index in [-0.39, 0.29) is 0 Å². The molecule has 7 heteroatoms. The summed E-state index contributed by atoms with van der Waals surface area (Å²) in [6.45, 7) is 0. The Morgan fingerprint density at radius 2 is 1.50 bits per heavy atom. The van der Waals surface area contributed by atoms with E-state index < -0.39 is 29.5 Å². The molecule has 2 N–H and O–H groups in total. The first kappa shape index (κ1) is 17.7. The van der Waals surface area contributed by atoms with Crippen LogP contribution in [0.2, 0.25) is 0 Å². The smallest absolute Gasteiger partial charge is 0.369 e. The van der Waals surface area contributed by atoms with Gasteiger partial charge >= 0.3 is 6.18 Å². The van der Waals surface area contributed by atoms with Crippen LogP contribution in [0.5, 0.6) is 0 Å². The zero-order valence-corrected chi connectivity index (χ0v) is 12.3. The quantitative estimate of drug-likeness (QED) is 0.361. The number of alkyl halides is 3. The van der Waals surface area contributed by atoms with Crippen LogP contribution in [0.15, 0.2) is 48.5 Å². The molecule has 3 nitrogen and oxygen atoms in total. The number of hydrogen-bond donors (Lipinski definition) is 2. The van der Waals surface area contributed by atoms with Crippen molar-refractivity contribution in [3.63, 3.8) is 0 Å². The summed E-state index contributed by atoms with van der Waals surface area (Å²) in [6.07, 6.45) is -2.99. The molecule has 2 rings (SSSR count). The number of aldehydes is 1. The summed E-state index contributed by atoms with van der Waals surface area (Å²) in [5.74, 6) is -1.29. The topological polar surface area (TPSA) is 53.0 Å². The number of hydrogen-bond acceptors (Lipinski definition) is 2. The molecule has 0 radical (unpaired) electrons.